The van der Waals surface area contributed by atoms with E-state index >= 15 is 0 Å². The first kappa shape index (κ1) is 24.0. The van der Waals surface area contributed by atoms with E-state index in [9.17, 15) is 29.7 Å². The van der Waals surface area contributed by atoms with Crippen molar-refractivity contribution in [3.05, 3.63) is 11.8 Å². The van der Waals surface area contributed by atoms with Crippen LogP contribution in [0, 0.1) is 0 Å². The number of nitrogens with one attached hydrogen (secondary N) is 1. The predicted octanol–water partition coefficient (Wildman–Crippen LogP) is -3.24. The van der Waals surface area contributed by atoms with E-state index < -0.39 is 66.7 Å². The van der Waals surface area contributed by atoms with Gasteiger partial charge in [0.25, 0.3) is 0 Å². The summed E-state index contributed by atoms with van der Waals surface area (Å²) in [6.07, 6.45) is -4.87. The molecule has 160 valence electrons. The number of aliphatic hydroxyl groups excluding tert-OH is 2. The molecule has 0 aromatic rings. The molecule has 29 heavy (non-hydrogen) atoms. The molecule has 13 nitrogen and oxygen atoms in total. The molecule has 1 rings (SSSR count). The summed E-state index contributed by atoms with van der Waals surface area (Å²) < 4.78 is 10.5. The van der Waals surface area contributed by atoms with E-state index in [0.29, 0.717) is 4.81 Å². The molecule has 0 saturated heterocycles. The van der Waals surface area contributed by atoms with Crippen LogP contribution in [0.5, 0.6) is 0 Å². The highest BCUT2D eigenvalue weighted by Crippen LogP contribution is 2.26. The third kappa shape index (κ3) is 6.53. The highest BCUT2D eigenvalue weighted by molar-refractivity contribution is 6.12. The lowest BCUT2D eigenvalue weighted by Crippen LogP contribution is -2.61. The van der Waals surface area contributed by atoms with Gasteiger partial charge in [-0.3, -0.25) is 4.79 Å². The van der Waals surface area contributed by atoms with Crippen LogP contribution in [0.25, 0.3) is 0 Å². The maximum Gasteiger partial charge on any atom is 0.397 e. The second-order valence-electron chi connectivity index (χ2n) is 6.07. The summed E-state index contributed by atoms with van der Waals surface area (Å²) in [4.78, 5) is 39.8. The summed E-state index contributed by atoms with van der Waals surface area (Å²) in [5.41, 5.74) is 10.8. The van der Waals surface area contributed by atoms with Crippen LogP contribution < -0.4 is 16.8 Å². The van der Waals surface area contributed by atoms with E-state index in [2.05, 4.69) is 10.3 Å². The lowest BCUT2D eigenvalue weighted by Gasteiger charge is -2.40. The number of hydrogen-bond acceptors (Lipinski definition) is 8. The molecule has 0 fully saturated rings. The molecule has 2 amide bonds. The van der Waals surface area contributed by atoms with Gasteiger partial charge in [-0.1, -0.05) is 0 Å². The van der Waals surface area contributed by atoms with E-state index in [-0.39, 0.29) is 6.54 Å². The molecule has 1 aliphatic rings. The van der Waals surface area contributed by atoms with Gasteiger partial charge in [-0.2, -0.15) is 0 Å². The molecule has 0 bridgehead atoms. The number of aliphatic imine (C=N–C) groups is 1. The number of nitrogens with zero attached hydrogens (tertiary/aromatic N) is 2. The number of rotatable bonds is 8. The van der Waals surface area contributed by atoms with Crippen molar-refractivity contribution in [3.8, 4) is 0 Å². The molecule has 0 aromatic carbocycles. The number of carbonyl (C=O) groups excluding carboxylic acids is 2. The zero-order valence-corrected chi connectivity index (χ0v) is 15.9. The number of hydrogen-bond donors (Lipinski definition) is 6. The van der Waals surface area contributed by atoms with Gasteiger partial charge >= 0.3 is 12.1 Å². The number of aliphatic carboxylic acids is 1. The molecule has 0 spiro atoms. The predicted molar refractivity (Wildman–Crippen MR) is 99.3 cm³/mol. The Morgan fingerprint density at radius 2 is 2.07 bits per heavy atom. The van der Waals surface area contributed by atoms with Gasteiger partial charge in [0.2, 0.25) is 19.6 Å². The van der Waals surface area contributed by atoms with Crippen molar-refractivity contribution < 1.29 is 39.2 Å². The van der Waals surface area contributed by atoms with E-state index in [0.717, 1.165) is 6.08 Å². The fourth-order valence-corrected chi connectivity index (χ4v) is 2.58. The van der Waals surface area contributed by atoms with Crippen LogP contribution >= 0.6 is 0 Å². The maximum atomic E-state index is 12.1. The summed E-state index contributed by atoms with van der Waals surface area (Å²) in [6, 6.07) is -2.30. The second-order valence-corrected chi connectivity index (χ2v) is 6.07. The zero-order valence-electron chi connectivity index (χ0n) is 15.9. The van der Waals surface area contributed by atoms with Gasteiger partial charge in [0.15, 0.2) is 18.2 Å². The number of carboxylic acid groups (broad SMARTS) is 1. The summed E-state index contributed by atoms with van der Waals surface area (Å²) in [5.74, 6) is -3.09. The lowest BCUT2D eigenvalue weighted by molar-refractivity contribution is -0.146. The number of amides is 2. The zero-order chi connectivity index (χ0) is 22.3. The smallest absolute Gasteiger partial charge is 0.397 e. The Kier molecular flexibility index (Phi) is 8.72. The molecule has 0 aliphatic carbocycles. The number of ether oxygens (including phenoxy) is 2. The quantitative estimate of drug-likeness (QED) is 0.133. The lowest BCUT2D eigenvalue weighted by atomic mass is 9.92. The van der Waals surface area contributed by atoms with Crippen LogP contribution in [0.4, 0.5) is 4.79 Å². The van der Waals surface area contributed by atoms with E-state index in [1.54, 1.807) is 6.92 Å². The highest BCUT2D eigenvalue weighted by atomic mass is 16.6. The normalized spacial score (nSPS) is 22.9. The first-order valence-electron chi connectivity index (χ1n) is 8.51. The van der Waals surface area contributed by atoms with Crippen LogP contribution in [0.2, 0.25) is 0 Å². The minimum absolute atomic E-state index is 0.0539. The van der Waals surface area contributed by atoms with Gasteiger partial charge in [-0.25, -0.2) is 14.6 Å². The van der Waals surface area contributed by atoms with Crippen molar-refractivity contribution in [2.24, 2.45) is 16.5 Å². The number of aliphatic hydroxyl groups is 2. The van der Waals surface area contributed by atoms with Crippen molar-refractivity contribution in [1.82, 2.24) is 10.1 Å². The fraction of sp³-hybridized carbons (Fsp3) is 0.600. The second kappa shape index (κ2) is 10.5. The molecule has 5 atom stereocenters. The van der Waals surface area contributed by atoms with Crippen molar-refractivity contribution in [2.45, 2.75) is 44.2 Å². The Bertz CT molecular complexity index is 684. The SMILES string of the molecule is [B]N(CC)C(=O)O[C@@H]([C@@H]1OC(C(=O)O)=C[C@H](N=C(N)N)[C@H]1NC(C)=O)[C@H](O)CO. The molecular weight excluding hydrogens is 389 g/mol. The minimum atomic E-state index is -1.71. The minimum Gasteiger partial charge on any atom is -0.477 e. The Hall–Kier alpha value is -3.00. The van der Waals surface area contributed by atoms with Crippen LogP contribution in [-0.2, 0) is 19.1 Å². The van der Waals surface area contributed by atoms with Gasteiger partial charge in [0, 0.05) is 13.5 Å². The molecule has 1 heterocycles. The van der Waals surface area contributed by atoms with Gasteiger partial charge in [-0.05, 0) is 13.0 Å². The van der Waals surface area contributed by atoms with Crippen LogP contribution in [0.1, 0.15) is 13.8 Å². The molecule has 0 unspecified atom stereocenters. The topological polar surface area (TPSA) is 210 Å². The Morgan fingerprint density at radius 1 is 1.45 bits per heavy atom. The van der Waals surface area contributed by atoms with Crippen molar-refractivity contribution in [3.63, 3.8) is 0 Å². The standard InChI is InChI=1S/C15H24BN5O8/c1-3-21(16)15(27)29-11(8(24)5-22)12-10(19-6(2)23)7(20-14(17)18)4-9(28-12)13(25)26/h4,7-8,10-12,22,24H,3,5H2,1-2H3,(H,19,23)(H,25,26)(H4,17,18,20)/t7-,8+,10+,11+,12+/m0/s1. The molecule has 8 N–H and O–H groups in total. The largest absolute Gasteiger partial charge is 0.477 e. The van der Waals surface area contributed by atoms with Crippen LogP contribution in [0.3, 0.4) is 0 Å². The summed E-state index contributed by atoms with van der Waals surface area (Å²) in [7, 11) is 5.46. The number of nitrogens with two attached hydrogens (primary N) is 2. The maximum absolute atomic E-state index is 12.1. The van der Waals surface area contributed by atoms with Gasteiger partial charge < -0.3 is 46.4 Å². The summed E-state index contributed by atoms with van der Waals surface area (Å²) >= 11 is 0. The Balaban J connectivity index is 3.44. The summed E-state index contributed by atoms with van der Waals surface area (Å²) in [6.45, 7) is 1.90. The van der Waals surface area contributed by atoms with E-state index in [1.165, 1.54) is 6.92 Å². The average molecular weight is 413 g/mol. The molecule has 14 heteroatoms. The van der Waals surface area contributed by atoms with Crippen molar-refractivity contribution in [2.75, 3.05) is 13.2 Å². The van der Waals surface area contributed by atoms with Gasteiger partial charge in [0.05, 0.1) is 18.7 Å². The van der Waals surface area contributed by atoms with Crippen LogP contribution in [0.15, 0.2) is 16.8 Å². The van der Waals surface area contributed by atoms with Crippen LogP contribution in [-0.4, -0.2) is 95.6 Å². The molecule has 2 radical (unpaired) electrons. The first-order valence-corrected chi connectivity index (χ1v) is 8.51. The summed E-state index contributed by atoms with van der Waals surface area (Å²) in [5, 5.41) is 31.4. The van der Waals surface area contributed by atoms with E-state index in [4.69, 9.17) is 28.9 Å². The first-order chi connectivity index (χ1) is 13.5. The van der Waals surface area contributed by atoms with Gasteiger partial charge in [0.1, 0.15) is 6.10 Å². The molecular formula is C15H24BN5O8. The highest BCUT2D eigenvalue weighted by Gasteiger charge is 2.46. The molecule has 0 saturated carbocycles. The fourth-order valence-electron chi connectivity index (χ4n) is 2.58. The number of guanidine groups is 1. The molecule has 0 aromatic heterocycles. The molecule has 1 aliphatic heterocycles. The van der Waals surface area contributed by atoms with E-state index in [1.807, 2.05) is 0 Å². The Morgan fingerprint density at radius 3 is 2.52 bits per heavy atom. The van der Waals surface area contributed by atoms with Gasteiger partial charge in [-0.15, -0.1) is 0 Å². The third-order valence-electron chi connectivity index (χ3n) is 3.89. The average Bonchev–Trinajstić information content (AvgIpc) is 2.64. The van der Waals surface area contributed by atoms with Crippen molar-refractivity contribution >= 4 is 31.9 Å². The Labute approximate surface area is 167 Å². The third-order valence-corrected chi connectivity index (χ3v) is 3.89. The van der Waals surface area contributed by atoms with Crippen molar-refractivity contribution in [1.29, 1.82) is 0 Å². The number of carbonyl (C=O) groups is 3. The monoisotopic (exact) mass is 413 g/mol. The number of carboxylic acids is 1.